The number of aryl methyl sites for hydroxylation is 2. The number of carboxylic acids is 1. The first-order valence-corrected chi connectivity index (χ1v) is 6.70. The predicted molar refractivity (Wildman–Crippen MR) is 70.1 cm³/mol. The smallest absolute Gasteiger partial charge is 0.340 e. The molecule has 0 aliphatic carbocycles. The standard InChI is InChI=1S/C12H18N2O3S/c1-5-9-13-6(2)10(12(16)17)11(14-9)18-8(4)7(3)15/h7-8,15H,5H2,1-4H3,(H,16,17). The summed E-state index contributed by atoms with van der Waals surface area (Å²) in [5, 5.41) is 19.0. The lowest BCUT2D eigenvalue weighted by molar-refractivity contribution is 0.0690. The first-order valence-electron chi connectivity index (χ1n) is 5.82. The first-order chi connectivity index (χ1) is 8.36. The fourth-order valence-corrected chi connectivity index (χ4v) is 2.43. The number of aromatic carboxylic acids is 1. The van der Waals surface area contributed by atoms with Gasteiger partial charge in [0, 0.05) is 11.7 Å². The van der Waals surface area contributed by atoms with Gasteiger partial charge in [0.25, 0.3) is 0 Å². The van der Waals surface area contributed by atoms with Crippen LogP contribution in [-0.2, 0) is 6.42 Å². The number of nitrogens with zero attached hydrogens (tertiary/aromatic N) is 2. The van der Waals surface area contributed by atoms with E-state index in [1.807, 2.05) is 13.8 Å². The fourth-order valence-electron chi connectivity index (χ4n) is 1.37. The Kier molecular flexibility index (Phi) is 5.10. The minimum Gasteiger partial charge on any atom is -0.478 e. The predicted octanol–water partition coefficient (Wildman–Crippen LogP) is 1.91. The third-order valence-electron chi connectivity index (χ3n) is 2.61. The molecule has 0 aromatic carbocycles. The molecular weight excluding hydrogens is 252 g/mol. The van der Waals surface area contributed by atoms with Crippen LogP contribution in [-0.4, -0.2) is 37.5 Å². The van der Waals surface area contributed by atoms with E-state index in [0.29, 0.717) is 23.0 Å². The molecule has 0 saturated carbocycles. The summed E-state index contributed by atoms with van der Waals surface area (Å²) in [6.45, 7) is 7.10. The summed E-state index contributed by atoms with van der Waals surface area (Å²) >= 11 is 1.27. The minimum atomic E-state index is -1.03. The molecule has 0 saturated heterocycles. The molecule has 5 nitrogen and oxygen atoms in total. The summed E-state index contributed by atoms with van der Waals surface area (Å²) in [6.07, 6.45) is 0.120. The first kappa shape index (κ1) is 14.9. The molecule has 0 spiro atoms. The van der Waals surface area contributed by atoms with E-state index in [0.717, 1.165) is 0 Å². The van der Waals surface area contributed by atoms with E-state index < -0.39 is 12.1 Å². The number of carboxylic acid groups (broad SMARTS) is 1. The average molecular weight is 270 g/mol. The SMILES string of the molecule is CCc1nc(C)c(C(=O)O)c(SC(C)C(C)O)n1. The molecule has 2 unspecified atom stereocenters. The van der Waals surface area contributed by atoms with Crippen molar-refractivity contribution in [1.82, 2.24) is 9.97 Å². The lowest BCUT2D eigenvalue weighted by atomic mass is 10.2. The summed E-state index contributed by atoms with van der Waals surface area (Å²) in [7, 11) is 0. The Bertz CT molecular complexity index is 449. The molecular formula is C12H18N2O3S. The number of carbonyl (C=O) groups is 1. The highest BCUT2D eigenvalue weighted by molar-refractivity contribution is 8.00. The number of thioether (sulfide) groups is 1. The van der Waals surface area contributed by atoms with Crippen LogP contribution in [0.5, 0.6) is 0 Å². The zero-order valence-corrected chi connectivity index (χ0v) is 11.8. The van der Waals surface area contributed by atoms with Crippen molar-refractivity contribution >= 4 is 17.7 Å². The fraction of sp³-hybridized carbons (Fsp3) is 0.583. The lowest BCUT2D eigenvalue weighted by Crippen LogP contribution is -2.17. The quantitative estimate of drug-likeness (QED) is 0.628. The van der Waals surface area contributed by atoms with Crippen molar-refractivity contribution in [2.45, 2.75) is 50.5 Å². The van der Waals surface area contributed by atoms with E-state index in [-0.39, 0.29) is 10.8 Å². The zero-order valence-electron chi connectivity index (χ0n) is 11.0. The molecule has 1 aromatic heterocycles. The Labute approximate surface area is 111 Å². The molecule has 0 aliphatic heterocycles. The largest absolute Gasteiger partial charge is 0.478 e. The zero-order chi connectivity index (χ0) is 13.9. The van der Waals surface area contributed by atoms with E-state index in [1.165, 1.54) is 11.8 Å². The maximum Gasteiger partial charge on any atom is 0.340 e. The lowest BCUT2D eigenvalue weighted by Gasteiger charge is -2.16. The Morgan fingerprint density at radius 3 is 2.44 bits per heavy atom. The molecule has 0 fully saturated rings. The molecule has 6 heteroatoms. The van der Waals surface area contributed by atoms with Gasteiger partial charge in [0.2, 0.25) is 0 Å². The number of rotatable bonds is 5. The van der Waals surface area contributed by atoms with Gasteiger partial charge in [0.05, 0.1) is 11.8 Å². The van der Waals surface area contributed by atoms with Crippen molar-refractivity contribution in [2.75, 3.05) is 0 Å². The third-order valence-corrected chi connectivity index (χ3v) is 3.89. The molecule has 0 bridgehead atoms. The molecule has 0 amide bonds. The second-order valence-electron chi connectivity index (χ2n) is 4.13. The third kappa shape index (κ3) is 3.43. The van der Waals surface area contributed by atoms with Crippen LogP contribution in [0.1, 0.15) is 42.6 Å². The van der Waals surface area contributed by atoms with Gasteiger partial charge in [-0.25, -0.2) is 14.8 Å². The molecule has 18 heavy (non-hydrogen) atoms. The Balaban J connectivity index is 3.21. The van der Waals surface area contributed by atoms with Gasteiger partial charge in [-0.2, -0.15) is 0 Å². The second kappa shape index (κ2) is 6.15. The van der Waals surface area contributed by atoms with Crippen LogP contribution >= 0.6 is 11.8 Å². The highest BCUT2D eigenvalue weighted by Gasteiger charge is 2.21. The molecule has 1 aromatic rings. The summed E-state index contributed by atoms with van der Waals surface area (Å²) in [5.74, 6) is -0.409. The maximum absolute atomic E-state index is 11.2. The van der Waals surface area contributed by atoms with Crippen molar-refractivity contribution in [3.05, 3.63) is 17.1 Å². The molecule has 100 valence electrons. The van der Waals surface area contributed by atoms with Crippen LogP contribution < -0.4 is 0 Å². The Morgan fingerprint density at radius 1 is 1.39 bits per heavy atom. The number of hydrogen-bond donors (Lipinski definition) is 2. The van der Waals surface area contributed by atoms with Crippen molar-refractivity contribution in [3.63, 3.8) is 0 Å². The van der Waals surface area contributed by atoms with E-state index in [9.17, 15) is 15.0 Å². The van der Waals surface area contributed by atoms with Gasteiger partial charge < -0.3 is 10.2 Å². The van der Waals surface area contributed by atoms with Crippen molar-refractivity contribution < 1.29 is 15.0 Å². The highest BCUT2D eigenvalue weighted by Crippen LogP contribution is 2.28. The van der Waals surface area contributed by atoms with E-state index in [2.05, 4.69) is 9.97 Å². The van der Waals surface area contributed by atoms with Gasteiger partial charge in [-0.3, -0.25) is 0 Å². The molecule has 2 N–H and O–H groups in total. The molecule has 1 rings (SSSR count). The number of hydrogen-bond acceptors (Lipinski definition) is 5. The maximum atomic E-state index is 11.2. The van der Waals surface area contributed by atoms with Gasteiger partial charge in [-0.05, 0) is 13.8 Å². The van der Waals surface area contributed by atoms with Crippen LogP contribution in [0, 0.1) is 6.92 Å². The summed E-state index contributed by atoms with van der Waals surface area (Å²) in [5.41, 5.74) is 0.597. The van der Waals surface area contributed by atoms with Gasteiger partial charge >= 0.3 is 5.97 Å². The van der Waals surface area contributed by atoms with Gasteiger partial charge in [-0.15, -0.1) is 0 Å². The second-order valence-corrected chi connectivity index (χ2v) is 5.49. The van der Waals surface area contributed by atoms with Crippen LogP contribution in [0.15, 0.2) is 5.03 Å². The van der Waals surface area contributed by atoms with E-state index in [4.69, 9.17) is 0 Å². The van der Waals surface area contributed by atoms with Gasteiger partial charge in [0.15, 0.2) is 0 Å². The summed E-state index contributed by atoms with van der Waals surface area (Å²) < 4.78 is 0. The molecule has 0 aliphatic rings. The average Bonchev–Trinajstić information content (AvgIpc) is 2.27. The van der Waals surface area contributed by atoms with Crippen LogP contribution in [0.3, 0.4) is 0 Å². The van der Waals surface area contributed by atoms with Crippen molar-refractivity contribution in [2.24, 2.45) is 0 Å². The van der Waals surface area contributed by atoms with E-state index >= 15 is 0 Å². The Hall–Kier alpha value is -1.14. The van der Waals surface area contributed by atoms with Gasteiger partial charge in [0.1, 0.15) is 16.4 Å². The number of aliphatic hydroxyl groups excluding tert-OH is 1. The summed E-state index contributed by atoms with van der Waals surface area (Å²) in [4.78, 5) is 19.7. The molecule has 2 atom stereocenters. The molecule has 1 heterocycles. The van der Waals surface area contributed by atoms with Gasteiger partial charge in [-0.1, -0.05) is 25.6 Å². The normalized spacial score (nSPS) is 14.3. The number of aliphatic hydroxyl groups is 1. The topological polar surface area (TPSA) is 83.3 Å². The minimum absolute atomic E-state index is 0.123. The van der Waals surface area contributed by atoms with Crippen LogP contribution in [0.25, 0.3) is 0 Å². The Morgan fingerprint density at radius 2 is 2.00 bits per heavy atom. The number of aromatic nitrogens is 2. The molecule has 0 radical (unpaired) electrons. The van der Waals surface area contributed by atoms with E-state index in [1.54, 1.807) is 13.8 Å². The van der Waals surface area contributed by atoms with Crippen LogP contribution in [0.4, 0.5) is 0 Å². The van der Waals surface area contributed by atoms with Crippen LogP contribution in [0.2, 0.25) is 0 Å². The highest BCUT2D eigenvalue weighted by atomic mass is 32.2. The monoisotopic (exact) mass is 270 g/mol. The summed E-state index contributed by atoms with van der Waals surface area (Å²) in [6, 6.07) is 0. The van der Waals surface area contributed by atoms with Crippen molar-refractivity contribution in [3.8, 4) is 0 Å². The van der Waals surface area contributed by atoms with Crippen molar-refractivity contribution in [1.29, 1.82) is 0 Å².